The van der Waals surface area contributed by atoms with Gasteiger partial charge in [-0.3, -0.25) is 9.78 Å². The van der Waals surface area contributed by atoms with Crippen molar-refractivity contribution in [3.05, 3.63) is 95.8 Å². The van der Waals surface area contributed by atoms with Crippen LogP contribution in [0, 0.1) is 0 Å². The minimum Gasteiger partial charge on any atom is -0.457 e. The molecule has 0 saturated carbocycles. The van der Waals surface area contributed by atoms with E-state index >= 15 is 0 Å². The van der Waals surface area contributed by atoms with E-state index in [1.165, 1.54) is 22.3 Å². The van der Waals surface area contributed by atoms with Crippen molar-refractivity contribution >= 4 is 28.6 Å². The highest BCUT2D eigenvalue weighted by Crippen LogP contribution is 2.38. The number of amides is 1. The summed E-state index contributed by atoms with van der Waals surface area (Å²) in [7, 11) is 3.56. The number of pyridine rings is 1. The molecule has 0 atom stereocenters. The third kappa shape index (κ3) is 3.77. The van der Waals surface area contributed by atoms with Gasteiger partial charge in [0.05, 0.1) is 11.0 Å². The van der Waals surface area contributed by atoms with E-state index in [2.05, 4.69) is 58.1 Å². The molecule has 1 aliphatic rings. The number of hydrogen-bond acceptors (Lipinski definition) is 5. The fraction of sp³-hybridized carbons (Fsp3) is 0.107. The normalized spacial score (nSPS) is 11.7. The summed E-state index contributed by atoms with van der Waals surface area (Å²) in [4.78, 5) is 20.7. The fourth-order valence-electron chi connectivity index (χ4n) is 4.57. The number of imidazole rings is 1. The van der Waals surface area contributed by atoms with Crippen molar-refractivity contribution in [1.82, 2.24) is 19.9 Å². The van der Waals surface area contributed by atoms with Gasteiger partial charge in [0.25, 0.3) is 5.91 Å². The first kappa shape index (κ1) is 20.9. The van der Waals surface area contributed by atoms with E-state index in [0.29, 0.717) is 17.2 Å². The summed E-state index contributed by atoms with van der Waals surface area (Å²) in [6.07, 6.45) is 2.50. The van der Waals surface area contributed by atoms with Crippen molar-refractivity contribution in [2.24, 2.45) is 7.05 Å². The smallest absolute Gasteiger partial charge is 0.269 e. The molecule has 0 fully saturated rings. The number of anilines is 2. The maximum Gasteiger partial charge on any atom is 0.269 e. The molecule has 7 nitrogen and oxygen atoms in total. The van der Waals surface area contributed by atoms with E-state index in [4.69, 9.17) is 9.72 Å². The fourth-order valence-corrected chi connectivity index (χ4v) is 4.57. The molecule has 5 aromatic rings. The highest BCUT2D eigenvalue weighted by Gasteiger charge is 2.18. The van der Waals surface area contributed by atoms with Crippen molar-refractivity contribution in [3.8, 4) is 22.6 Å². The second kappa shape index (κ2) is 8.29. The van der Waals surface area contributed by atoms with Gasteiger partial charge in [0.2, 0.25) is 5.95 Å². The van der Waals surface area contributed by atoms with Crippen LogP contribution in [0.15, 0.2) is 79.0 Å². The summed E-state index contributed by atoms with van der Waals surface area (Å²) in [6.45, 7) is 0. The number of nitrogens with one attached hydrogen (secondary N) is 2. The summed E-state index contributed by atoms with van der Waals surface area (Å²) < 4.78 is 8.01. The van der Waals surface area contributed by atoms with Gasteiger partial charge in [0.1, 0.15) is 17.2 Å². The Bertz CT molecular complexity index is 1600. The number of ether oxygens (including phenoxy) is 1. The van der Waals surface area contributed by atoms with E-state index < -0.39 is 0 Å². The number of aryl methyl sites for hydroxylation is 1. The van der Waals surface area contributed by atoms with E-state index in [1.54, 1.807) is 25.4 Å². The van der Waals surface area contributed by atoms with Gasteiger partial charge in [0.15, 0.2) is 0 Å². The van der Waals surface area contributed by atoms with Gasteiger partial charge in [-0.1, -0.05) is 30.3 Å². The first-order valence-corrected chi connectivity index (χ1v) is 11.4. The van der Waals surface area contributed by atoms with Gasteiger partial charge < -0.3 is 19.9 Å². The van der Waals surface area contributed by atoms with E-state index in [9.17, 15) is 4.79 Å². The Kier molecular flexibility index (Phi) is 4.95. The lowest BCUT2D eigenvalue weighted by atomic mass is 10.1. The molecule has 1 amide bonds. The van der Waals surface area contributed by atoms with Gasteiger partial charge in [-0.15, -0.1) is 0 Å². The van der Waals surface area contributed by atoms with Crippen LogP contribution >= 0.6 is 0 Å². The minimum atomic E-state index is -0.262. The van der Waals surface area contributed by atoms with Crippen molar-refractivity contribution < 1.29 is 9.53 Å². The van der Waals surface area contributed by atoms with Gasteiger partial charge in [-0.05, 0) is 59.0 Å². The Hall–Kier alpha value is -4.65. The molecular weight excluding hydrogens is 438 g/mol. The molecule has 7 heteroatoms. The summed E-state index contributed by atoms with van der Waals surface area (Å²) >= 11 is 0. The molecule has 1 aliphatic carbocycles. The molecule has 6 rings (SSSR count). The van der Waals surface area contributed by atoms with Crippen LogP contribution < -0.4 is 15.4 Å². The second-order valence-corrected chi connectivity index (χ2v) is 8.53. The van der Waals surface area contributed by atoms with Crippen LogP contribution in [0.3, 0.4) is 0 Å². The zero-order valence-electron chi connectivity index (χ0n) is 19.4. The van der Waals surface area contributed by atoms with Gasteiger partial charge in [0, 0.05) is 38.1 Å². The highest BCUT2D eigenvalue weighted by atomic mass is 16.5. The first-order chi connectivity index (χ1) is 17.1. The Morgan fingerprint density at radius 2 is 1.77 bits per heavy atom. The number of fused-ring (bicyclic) bond motifs is 4. The number of nitrogens with zero attached hydrogens (tertiary/aromatic N) is 3. The SMILES string of the molecule is CNC(=O)c1cc(Oc2ccc3c(c2)nc(Nc2ccc4c(c2)Cc2ccccc2-4)n3C)ccn1. The third-order valence-corrected chi connectivity index (χ3v) is 6.33. The molecule has 0 saturated heterocycles. The van der Waals surface area contributed by atoms with Crippen LogP contribution in [-0.4, -0.2) is 27.5 Å². The minimum absolute atomic E-state index is 0.262. The average Bonchev–Trinajstić information content (AvgIpc) is 3.40. The summed E-state index contributed by atoms with van der Waals surface area (Å²) in [5.74, 6) is 1.65. The maximum atomic E-state index is 11.9. The molecule has 2 heterocycles. The zero-order chi connectivity index (χ0) is 23.9. The van der Waals surface area contributed by atoms with Gasteiger partial charge in [-0.25, -0.2) is 4.98 Å². The quantitative estimate of drug-likeness (QED) is 0.358. The Morgan fingerprint density at radius 3 is 2.66 bits per heavy atom. The van der Waals surface area contributed by atoms with E-state index in [0.717, 1.165) is 29.1 Å². The van der Waals surface area contributed by atoms with Crippen LogP contribution in [0.25, 0.3) is 22.2 Å². The molecule has 2 aromatic heterocycles. The topological polar surface area (TPSA) is 81.1 Å². The molecule has 0 unspecified atom stereocenters. The first-order valence-electron chi connectivity index (χ1n) is 11.4. The highest BCUT2D eigenvalue weighted by molar-refractivity contribution is 5.92. The van der Waals surface area contributed by atoms with Crippen molar-refractivity contribution in [1.29, 1.82) is 0 Å². The Balaban J connectivity index is 1.25. The Morgan fingerprint density at radius 1 is 0.943 bits per heavy atom. The molecule has 3 aromatic carbocycles. The van der Waals surface area contributed by atoms with Crippen LogP contribution in [0.4, 0.5) is 11.6 Å². The molecule has 172 valence electrons. The van der Waals surface area contributed by atoms with Crippen LogP contribution in [-0.2, 0) is 13.5 Å². The predicted octanol–water partition coefficient (Wildman–Crippen LogP) is 5.44. The zero-order valence-corrected chi connectivity index (χ0v) is 19.4. The molecule has 0 radical (unpaired) electrons. The van der Waals surface area contributed by atoms with E-state index in [1.807, 2.05) is 29.8 Å². The van der Waals surface area contributed by atoms with Crippen molar-refractivity contribution in [2.75, 3.05) is 12.4 Å². The number of hydrogen-bond donors (Lipinski definition) is 2. The molecule has 0 spiro atoms. The summed E-state index contributed by atoms with van der Waals surface area (Å²) in [6, 6.07) is 24.1. The largest absolute Gasteiger partial charge is 0.457 e. The number of benzene rings is 3. The number of rotatable bonds is 5. The molecule has 0 aliphatic heterocycles. The lowest BCUT2D eigenvalue weighted by Gasteiger charge is -2.09. The van der Waals surface area contributed by atoms with Crippen LogP contribution in [0.1, 0.15) is 21.6 Å². The lowest BCUT2D eigenvalue weighted by molar-refractivity contribution is 0.0958. The third-order valence-electron chi connectivity index (χ3n) is 6.33. The van der Waals surface area contributed by atoms with Crippen LogP contribution in [0.2, 0.25) is 0 Å². The summed E-state index contributed by atoms with van der Waals surface area (Å²) in [5.41, 5.74) is 8.40. The molecule has 35 heavy (non-hydrogen) atoms. The number of carbonyl (C=O) groups excluding carboxylic acids is 1. The van der Waals surface area contributed by atoms with Gasteiger partial charge in [-0.2, -0.15) is 0 Å². The molecule has 2 N–H and O–H groups in total. The molecule has 0 bridgehead atoms. The second-order valence-electron chi connectivity index (χ2n) is 8.53. The lowest BCUT2D eigenvalue weighted by Crippen LogP contribution is -2.18. The summed E-state index contributed by atoms with van der Waals surface area (Å²) in [5, 5.41) is 6.04. The number of aromatic nitrogens is 3. The van der Waals surface area contributed by atoms with Gasteiger partial charge >= 0.3 is 0 Å². The standard InChI is InChI=1S/C28H23N5O2/c1-29-27(34)25-16-21(11-12-30-25)35-20-8-10-26-24(15-20)32-28(33(26)2)31-19-7-9-23-18(14-19)13-17-5-3-4-6-22(17)23/h3-12,14-16H,13H2,1-2H3,(H,29,34)(H,31,32). The molecular formula is C28H23N5O2. The number of carbonyl (C=O) groups is 1. The van der Waals surface area contributed by atoms with Crippen molar-refractivity contribution in [3.63, 3.8) is 0 Å². The maximum absolute atomic E-state index is 11.9. The van der Waals surface area contributed by atoms with E-state index in [-0.39, 0.29) is 5.91 Å². The average molecular weight is 462 g/mol. The van der Waals surface area contributed by atoms with Crippen LogP contribution in [0.5, 0.6) is 11.5 Å². The Labute approximate surface area is 202 Å². The van der Waals surface area contributed by atoms with Crippen molar-refractivity contribution in [2.45, 2.75) is 6.42 Å². The monoisotopic (exact) mass is 461 g/mol. The predicted molar refractivity (Wildman–Crippen MR) is 136 cm³/mol.